The van der Waals surface area contributed by atoms with Crippen molar-refractivity contribution in [2.45, 2.75) is 6.92 Å². The van der Waals surface area contributed by atoms with Crippen molar-refractivity contribution in [3.8, 4) is 0 Å². The summed E-state index contributed by atoms with van der Waals surface area (Å²) in [7, 11) is 1.78. The van der Waals surface area contributed by atoms with E-state index >= 15 is 0 Å². The molecule has 8 heteroatoms. The Balaban J connectivity index is 1.91. The normalized spacial score (nSPS) is 13.0. The van der Waals surface area contributed by atoms with Crippen molar-refractivity contribution >= 4 is 34.8 Å². The molecule has 0 aromatic heterocycles. The number of nitrogens with zero attached hydrogens (tertiary/aromatic N) is 1. The summed E-state index contributed by atoms with van der Waals surface area (Å²) in [5.41, 5.74) is 7.08. The third-order valence-corrected chi connectivity index (χ3v) is 4.20. The Kier molecular flexibility index (Phi) is 4.33. The number of carbonyl (C=O) groups is 3. The van der Waals surface area contributed by atoms with Gasteiger partial charge in [-0.3, -0.25) is 14.4 Å². The van der Waals surface area contributed by atoms with Gasteiger partial charge in [-0.2, -0.15) is 0 Å². The van der Waals surface area contributed by atoms with Crippen LogP contribution in [0.2, 0.25) is 0 Å². The zero-order valence-corrected chi connectivity index (χ0v) is 14.2. The number of amides is 3. The number of hydrogen-bond acceptors (Lipinski definition) is 4. The van der Waals surface area contributed by atoms with Crippen LogP contribution in [-0.2, 0) is 4.79 Å². The lowest BCUT2D eigenvalue weighted by molar-refractivity contribution is -0.115. The fourth-order valence-corrected chi connectivity index (χ4v) is 2.75. The highest BCUT2D eigenvalue weighted by molar-refractivity contribution is 6.08. The van der Waals surface area contributed by atoms with E-state index in [2.05, 4.69) is 10.6 Å². The molecule has 1 aliphatic heterocycles. The summed E-state index contributed by atoms with van der Waals surface area (Å²) in [6, 6.07) is 7.22. The van der Waals surface area contributed by atoms with Gasteiger partial charge in [-0.25, -0.2) is 4.39 Å². The Bertz CT molecular complexity index is 942. The topological polar surface area (TPSA) is 105 Å². The lowest BCUT2D eigenvalue weighted by Gasteiger charge is -2.27. The number of hydrogen-bond donors (Lipinski definition) is 3. The molecule has 0 fully saturated rings. The van der Waals surface area contributed by atoms with Crippen molar-refractivity contribution in [3.05, 3.63) is 52.8 Å². The van der Waals surface area contributed by atoms with Crippen molar-refractivity contribution in [2.75, 3.05) is 29.1 Å². The molecule has 1 heterocycles. The van der Waals surface area contributed by atoms with Crippen LogP contribution in [0.4, 0.5) is 21.5 Å². The molecule has 0 spiro atoms. The van der Waals surface area contributed by atoms with E-state index in [0.29, 0.717) is 5.69 Å². The maximum Gasteiger partial charge on any atom is 0.255 e. The Morgan fingerprint density at radius 1 is 1.23 bits per heavy atom. The minimum atomic E-state index is -0.793. The van der Waals surface area contributed by atoms with Crippen LogP contribution in [0.3, 0.4) is 0 Å². The number of rotatable bonds is 3. The third kappa shape index (κ3) is 3.21. The highest BCUT2D eigenvalue weighted by Crippen LogP contribution is 2.30. The van der Waals surface area contributed by atoms with Crippen molar-refractivity contribution in [2.24, 2.45) is 5.73 Å². The zero-order valence-electron chi connectivity index (χ0n) is 14.2. The van der Waals surface area contributed by atoms with Gasteiger partial charge in [-0.05, 0) is 37.3 Å². The van der Waals surface area contributed by atoms with Gasteiger partial charge >= 0.3 is 0 Å². The van der Waals surface area contributed by atoms with E-state index in [4.69, 9.17) is 5.73 Å². The highest BCUT2D eigenvalue weighted by atomic mass is 19.1. The van der Waals surface area contributed by atoms with Gasteiger partial charge in [0.25, 0.3) is 5.91 Å². The maximum absolute atomic E-state index is 14.0. The number of carbonyl (C=O) groups excluding carboxylic acids is 3. The molecular formula is C18H17FN4O3. The molecule has 3 amide bonds. The lowest BCUT2D eigenvalue weighted by Crippen LogP contribution is -2.35. The molecule has 26 heavy (non-hydrogen) atoms. The van der Waals surface area contributed by atoms with Crippen LogP contribution >= 0.6 is 0 Å². The van der Waals surface area contributed by atoms with Crippen molar-refractivity contribution < 1.29 is 18.8 Å². The van der Waals surface area contributed by atoms with Gasteiger partial charge in [0.15, 0.2) is 0 Å². The maximum atomic E-state index is 14.0. The van der Waals surface area contributed by atoms with Gasteiger partial charge in [0, 0.05) is 29.4 Å². The Labute approximate surface area is 149 Å². The molecule has 0 aliphatic carbocycles. The van der Waals surface area contributed by atoms with E-state index < -0.39 is 17.6 Å². The third-order valence-electron chi connectivity index (χ3n) is 4.20. The molecular weight excluding hydrogens is 339 g/mol. The van der Waals surface area contributed by atoms with Gasteiger partial charge in [0.1, 0.15) is 5.82 Å². The molecule has 0 saturated carbocycles. The minimum Gasteiger partial charge on any atom is -0.366 e. The first-order chi connectivity index (χ1) is 12.3. The summed E-state index contributed by atoms with van der Waals surface area (Å²) in [4.78, 5) is 37.2. The molecule has 1 aliphatic rings. The van der Waals surface area contributed by atoms with Crippen LogP contribution in [0.1, 0.15) is 26.3 Å². The fourth-order valence-electron chi connectivity index (χ4n) is 2.75. The van der Waals surface area contributed by atoms with E-state index in [9.17, 15) is 18.8 Å². The van der Waals surface area contributed by atoms with Crippen LogP contribution in [0.15, 0.2) is 30.3 Å². The standard InChI is InChI=1S/C18H17FN4O3/c1-9-12(19)5-11(17(20)25)7-13(9)22-18(26)10-3-4-15-14(6-10)21-16(24)8-23(15)2/h3-7H,8H2,1-2H3,(H2,20,25)(H,21,24)(H,22,26). The summed E-state index contributed by atoms with van der Waals surface area (Å²) in [6.45, 7) is 1.72. The number of nitrogens with one attached hydrogen (secondary N) is 2. The van der Waals surface area contributed by atoms with Crippen molar-refractivity contribution in [3.63, 3.8) is 0 Å². The SMILES string of the molecule is Cc1c(F)cc(C(N)=O)cc1NC(=O)c1ccc2c(c1)NC(=O)CN2C. The number of halogens is 1. The van der Waals surface area contributed by atoms with Crippen LogP contribution < -0.4 is 21.3 Å². The lowest BCUT2D eigenvalue weighted by atomic mass is 10.1. The molecule has 134 valence electrons. The first kappa shape index (κ1) is 17.4. The van der Waals surface area contributed by atoms with Crippen molar-refractivity contribution in [1.82, 2.24) is 0 Å². The molecule has 0 saturated heterocycles. The van der Waals surface area contributed by atoms with E-state index in [-0.39, 0.29) is 34.8 Å². The number of fused-ring (bicyclic) bond motifs is 1. The smallest absolute Gasteiger partial charge is 0.255 e. The quantitative estimate of drug-likeness (QED) is 0.781. The van der Waals surface area contributed by atoms with Gasteiger partial charge < -0.3 is 21.3 Å². The summed E-state index contributed by atoms with van der Waals surface area (Å²) >= 11 is 0. The second-order valence-corrected chi connectivity index (χ2v) is 6.09. The average Bonchev–Trinajstić information content (AvgIpc) is 2.57. The zero-order chi connectivity index (χ0) is 19.0. The number of primary amides is 1. The molecule has 0 unspecified atom stereocenters. The molecule has 0 radical (unpaired) electrons. The highest BCUT2D eigenvalue weighted by Gasteiger charge is 2.21. The number of anilines is 3. The van der Waals surface area contributed by atoms with Gasteiger partial charge in [-0.1, -0.05) is 0 Å². The molecule has 0 bridgehead atoms. The Morgan fingerprint density at radius 3 is 2.65 bits per heavy atom. The first-order valence-electron chi connectivity index (χ1n) is 7.82. The van der Waals surface area contributed by atoms with Crippen LogP contribution in [-0.4, -0.2) is 31.3 Å². The first-order valence-corrected chi connectivity index (χ1v) is 7.82. The Morgan fingerprint density at radius 2 is 1.96 bits per heavy atom. The predicted octanol–water partition coefficient (Wildman–Crippen LogP) is 1.87. The molecule has 4 N–H and O–H groups in total. The number of nitrogens with two attached hydrogens (primary N) is 1. The molecule has 0 atom stereocenters. The summed E-state index contributed by atoms with van der Waals surface area (Å²) in [5, 5.41) is 5.29. The van der Waals surface area contributed by atoms with Crippen LogP contribution in [0, 0.1) is 12.7 Å². The second-order valence-electron chi connectivity index (χ2n) is 6.09. The number of benzene rings is 2. The van der Waals surface area contributed by atoms with E-state index in [1.54, 1.807) is 30.1 Å². The average molecular weight is 356 g/mol. The molecule has 2 aromatic rings. The largest absolute Gasteiger partial charge is 0.366 e. The summed E-state index contributed by atoms with van der Waals surface area (Å²) in [6.07, 6.45) is 0. The molecule has 3 rings (SSSR count). The van der Waals surface area contributed by atoms with Crippen LogP contribution in [0.25, 0.3) is 0 Å². The fraction of sp³-hybridized carbons (Fsp3) is 0.167. The van der Waals surface area contributed by atoms with Gasteiger partial charge in [-0.15, -0.1) is 0 Å². The minimum absolute atomic E-state index is 0.0391. The number of likely N-dealkylation sites (N-methyl/N-ethyl adjacent to an activating group) is 1. The predicted molar refractivity (Wildman–Crippen MR) is 95.9 cm³/mol. The van der Waals surface area contributed by atoms with Gasteiger partial charge in [0.05, 0.1) is 17.9 Å². The summed E-state index contributed by atoms with van der Waals surface area (Å²) < 4.78 is 14.0. The second kappa shape index (κ2) is 6.47. The van der Waals surface area contributed by atoms with Gasteiger partial charge in [0.2, 0.25) is 11.8 Å². The Hall–Kier alpha value is -3.42. The van der Waals surface area contributed by atoms with Crippen molar-refractivity contribution in [1.29, 1.82) is 0 Å². The summed E-state index contributed by atoms with van der Waals surface area (Å²) in [5.74, 6) is -2.11. The van der Waals surface area contributed by atoms with E-state index in [1.165, 1.54) is 13.0 Å². The molecule has 7 nitrogen and oxygen atoms in total. The van der Waals surface area contributed by atoms with Crippen LogP contribution in [0.5, 0.6) is 0 Å². The van der Waals surface area contributed by atoms with E-state index in [0.717, 1.165) is 11.8 Å². The monoisotopic (exact) mass is 356 g/mol. The van der Waals surface area contributed by atoms with E-state index in [1.807, 2.05) is 0 Å². The molecule has 2 aromatic carbocycles.